The van der Waals surface area contributed by atoms with E-state index in [2.05, 4.69) is 0 Å². The molecule has 2 heteroatoms. The van der Waals surface area contributed by atoms with Crippen LogP contribution in [0.4, 0.5) is 8.78 Å². The molecule has 1 radical (unpaired) electrons. The maximum absolute atomic E-state index is 13.4. The van der Waals surface area contributed by atoms with Gasteiger partial charge in [-0.25, -0.2) is 8.78 Å². The second-order valence-corrected chi connectivity index (χ2v) is 3.37. The van der Waals surface area contributed by atoms with E-state index in [4.69, 9.17) is 6.58 Å². The minimum Gasteiger partial charge on any atom is -0.206 e. The van der Waals surface area contributed by atoms with E-state index in [9.17, 15) is 8.78 Å². The minimum absolute atomic E-state index is 0.108. The summed E-state index contributed by atoms with van der Waals surface area (Å²) >= 11 is 0. The first-order valence-corrected chi connectivity index (χ1v) is 4.82. The number of hydrogen-bond donors (Lipinski definition) is 0. The van der Waals surface area contributed by atoms with Gasteiger partial charge < -0.3 is 0 Å². The lowest BCUT2D eigenvalue weighted by Gasteiger charge is -2.07. The van der Waals surface area contributed by atoms with Gasteiger partial charge in [0, 0.05) is 11.1 Å². The van der Waals surface area contributed by atoms with Crippen LogP contribution < -0.4 is 0 Å². The zero-order valence-electron chi connectivity index (χ0n) is 8.45. The molecular weight excluding hydrogens is 206 g/mol. The van der Waals surface area contributed by atoms with Gasteiger partial charge in [-0.15, -0.1) is 0 Å². The van der Waals surface area contributed by atoms with Crippen LogP contribution in [-0.2, 0) is 0 Å². The van der Waals surface area contributed by atoms with Crippen molar-refractivity contribution in [2.45, 2.75) is 0 Å². The number of halogens is 2. The van der Waals surface area contributed by atoms with E-state index in [1.54, 1.807) is 24.3 Å². The normalized spacial score (nSPS) is 10.1. The zero-order chi connectivity index (χ0) is 11.5. The molecular formula is C14H9F2. The summed E-state index contributed by atoms with van der Waals surface area (Å²) in [6.07, 6.45) is 0. The Morgan fingerprint density at radius 1 is 0.750 bits per heavy atom. The van der Waals surface area contributed by atoms with E-state index in [1.807, 2.05) is 0 Å². The Kier molecular flexibility index (Phi) is 2.82. The van der Waals surface area contributed by atoms with Gasteiger partial charge in [-0.2, -0.15) is 0 Å². The van der Waals surface area contributed by atoms with Crippen molar-refractivity contribution in [3.8, 4) is 0 Å². The van der Waals surface area contributed by atoms with Crippen molar-refractivity contribution < 1.29 is 8.78 Å². The highest BCUT2D eigenvalue weighted by Crippen LogP contribution is 2.25. The summed E-state index contributed by atoms with van der Waals surface area (Å²) in [5, 5.41) is 0. The van der Waals surface area contributed by atoms with Crippen LogP contribution in [0, 0.1) is 18.2 Å². The first-order chi connectivity index (χ1) is 7.70. The maximum atomic E-state index is 13.4. The van der Waals surface area contributed by atoms with Crippen LogP contribution in [0.5, 0.6) is 0 Å². The smallest absolute Gasteiger partial charge is 0.131 e. The molecule has 0 amide bonds. The van der Waals surface area contributed by atoms with E-state index in [-0.39, 0.29) is 16.7 Å². The van der Waals surface area contributed by atoms with Crippen LogP contribution >= 0.6 is 0 Å². The van der Waals surface area contributed by atoms with Crippen LogP contribution in [0.15, 0.2) is 48.5 Å². The lowest BCUT2D eigenvalue weighted by atomic mass is 9.99. The Labute approximate surface area is 92.9 Å². The highest BCUT2D eigenvalue weighted by molar-refractivity contribution is 5.77. The molecule has 0 nitrogen and oxygen atoms in total. The van der Waals surface area contributed by atoms with Crippen LogP contribution in [0.2, 0.25) is 0 Å². The first-order valence-electron chi connectivity index (χ1n) is 4.82. The summed E-state index contributed by atoms with van der Waals surface area (Å²) in [5.74, 6) is -0.911. The van der Waals surface area contributed by atoms with Gasteiger partial charge in [0.25, 0.3) is 0 Å². The van der Waals surface area contributed by atoms with E-state index >= 15 is 0 Å². The Morgan fingerprint density at radius 2 is 1.12 bits per heavy atom. The molecule has 0 spiro atoms. The molecule has 2 aromatic carbocycles. The van der Waals surface area contributed by atoms with E-state index in [1.165, 1.54) is 24.3 Å². The number of rotatable bonds is 2. The molecule has 79 valence electrons. The van der Waals surface area contributed by atoms with Gasteiger partial charge in [0.05, 0.1) is 0 Å². The third-order valence-corrected chi connectivity index (χ3v) is 2.33. The van der Waals surface area contributed by atoms with Crippen LogP contribution in [0.3, 0.4) is 0 Å². The Morgan fingerprint density at radius 3 is 1.50 bits per heavy atom. The second-order valence-electron chi connectivity index (χ2n) is 3.37. The Balaban J connectivity index is 2.48. The second kappa shape index (κ2) is 4.27. The highest BCUT2D eigenvalue weighted by Gasteiger charge is 2.10. The molecule has 0 N–H and O–H groups in total. The first kappa shape index (κ1) is 10.6. The predicted octanol–water partition coefficient (Wildman–Crippen LogP) is 3.83. The van der Waals surface area contributed by atoms with Crippen molar-refractivity contribution >= 4 is 5.57 Å². The molecule has 0 atom stereocenters. The summed E-state index contributed by atoms with van der Waals surface area (Å²) in [6, 6.07) is 12.1. The Bertz CT molecular complexity index is 482. The molecule has 0 fully saturated rings. The third kappa shape index (κ3) is 1.87. The zero-order valence-corrected chi connectivity index (χ0v) is 8.45. The molecule has 16 heavy (non-hydrogen) atoms. The van der Waals surface area contributed by atoms with E-state index in [0.717, 1.165) is 0 Å². The van der Waals surface area contributed by atoms with Gasteiger partial charge in [-0.05, 0) is 17.7 Å². The molecule has 0 aliphatic rings. The summed E-state index contributed by atoms with van der Waals surface area (Å²) in [4.78, 5) is 0. The van der Waals surface area contributed by atoms with E-state index in [0.29, 0.717) is 0 Å². The average Bonchev–Trinajstić information content (AvgIpc) is 2.29. The molecule has 0 aromatic heterocycles. The molecule has 0 aliphatic heterocycles. The standard InChI is InChI=1S/C14H9F2/c1-10(11-6-2-4-8-13(11)15)12-7-3-5-9-14(12)16/h1-9H. The monoisotopic (exact) mass is 215 g/mol. The topological polar surface area (TPSA) is 0 Å². The van der Waals surface area contributed by atoms with Crippen molar-refractivity contribution in [3.05, 3.63) is 77.9 Å². The molecule has 0 bridgehead atoms. The van der Waals surface area contributed by atoms with Crippen molar-refractivity contribution in [2.24, 2.45) is 0 Å². The van der Waals surface area contributed by atoms with Gasteiger partial charge >= 0.3 is 0 Å². The summed E-state index contributed by atoms with van der Waals surface area (Å²) in [7, 11) is 0. The third-order valence-electron chi connectivity index (χ3n) is 2.33. The highest BCUT2D eigenvalue weighted by atomic mass is 19.1. The van der Waals surface area contributed by atoms with Gasteiger partial charge in [0.1, 0.15) is 11.6 Å². The SMILES string of the molecule is [CH]=C(c1ccccc1F)c1ccccc1F. The van der Waals surface area contributed by atoms with Crippen molar-refractivity contribution in [3.63, 3.8) is 0 Å². The fraction of sp³-hybridized carbons (Fsp3) is 0. The van der Waals surface area contributed by atoms with Gasteiger partial charge in [0.2, 0.25) is 0 Å². The lowest BCUT2D eigenvalue weighted by Crippen LogP contribution is -1.93. The van der Waals surface area contributed by atoms with Crippen molar-refractivity contribution in [1.29, 1.82) is 0 Å². The summed E-state index contributed by atoms with van der Waals surface area (Å²) in [5.41, 5.74) is 0.538. The molecule has 2 aromatic rings. The average molecular weight is 215 g/mol. The largest absolute Gasteiger partial charge is 0.206 e. The van der Waals surface area contributed by atoms with Gasteiger partial charge in [-0.1, -0.05) is 43.0 Å². The fourth-order valence-corrected chi connectivity index (χ4v) is 1.50. The van der Waals surface area contributed by atoms with Crippen LogP contribution in [0.25, 0.3) is 5.57 Å². The Hall–Kier alpha value is -1.96. The molecule has 0 saturated heterocycles. The fourth-order valence-electron chi connectivity index (χ4n) is 1.50. The van der Waals surface area contributed by atoms with Gasteiger partial charge in [-0.3, -0.25) is 0 Å². The minimum atomic E-state index is -0.455. The summed E-state index contributed by atoms with van der Waals surface area (Å²) < 4.78 is 26.9. The van der Waals surface area contributed by atoms with Crippen molar-refractivity contribution in [2.75, 3.05) is 0 Å². The lowest BCUT2D eigenvalue weighted by molar-refractivity contribution is 0.618. The van der Waals surface area contributed by atoms with Crippen molar-refractivity contribution in [1.82, 2.24) is 0 Å². The van der Waals surface area contributed by atoms with Crippen LogP contribution in [0.1, 0.15) is 11.1 Å². The molecule has 0 heterocycles. The quantitative estimate of drug-likeness (QED) is 0.714. The molecule has 0 unspecified atom stereocenters. The number of hydrogen-bond acceptors (Lipinski definition) is 0. The van der Waals surface area contributed by atoms with E-state index < -0.39 is 11.6 Å². The van der Waals surface area contributed by atoms with Gasteiger partial charge in [0.15, 0.2) is 0 Å². The molecule has 2 rings (SSSR count). The number of benzene rings is 2. The van der Waals surface area contributed by atoms with Crippen LogP contribution in [-0.4, -0.2) is 0 Å². The summed E-state index contributed by atoms with van der Waals surface area (Å²) in [6.45, 7) is 5.75. The maximum Gasteiger partial charge on any atom is 0.131 e. The predicted molar refractivity (Wildman–Crippen MR) is 59.6 cm³/mol. The molecule has 0 saturated carbocycles. The molecule has 0 aliphatic carbocycles.